The summed E-state index contributed by atoms with van der Waals surface area (Å²) in [7, 11) is 3.37. The maximum absolute atomic E-state index is 5.53. The fourth-order valence-corrected chi connectivity index (χ4v) is 3.00. The van der Waals surface area contributed by atoms with Crippen molar-refractivity contribution in [2.45, 2.75) is 6.54 Å². The third-order valence-electron chi connectivity index (χ3n) is 4.22. The molecule has 1 aliphatic rings. The first-order valence-electron chi connectivity index (χ1n) is 7.90. The Morgan fingerprint density at radius 3 is 2.43 bits per heavy atom. The van der Waals surface area contributed by atoms with Gasteiger partial charge in [-0.1, -0.05) is 18.2 Å². The largest absolute Gasteiger partial charge is 0.493 e. The van der Waals surface area contributed by atoms with Gasteiger partial charge >= 0.3 is 0 Å². The van der Waals surface area contributed by atoms with Crippen molar-refractivity contribution in [2.24, 2.45) is 0 Å². The number of hydrogen-bond acceptors (Lipinski definition) is 5. The van der Waals surface area contributed by atoms with Crippen LogP contribution in [0, 0.1) is 0 Å². The summed E-state index contributed by atoms with van der Waals surface area (Å²) < 4.78 is 10.9. The number of benzene rings is 1. The number of rotatable bonds is 5. The lowest BCUT2D eigenvalue weighted by atomic mass is 10.1. The topological polar surface area (TPSA) is 37.8 Å². The molecular formula is C18H23N3O2. The molecule has 1 aliphatic heterocycles. The van der Waals surface area contributed by atoms with Gasteiger partial charge in [-0.2, -0.15) is 0 Å². The lowest BCUT2D eigenvalue weighted by Crippen LogP contribution is -2.46. The Kier molecular flexibility index (Phi) is 4.98. The predicted octanol–water partition coefficient (Wildman–Crippen LogP) is 2.42. The number of aromatic nitrogens is 1. The van der Waals surface area contributed by atoms with Crippen LogP contribution in [0.5, 0.6) is 11.5 Å². The highest BCUT2D eigenvalue weighted by Gasteiger charge is 2.19. The molecule has 0 spiro atoms. The lowest BCUT2D eigenvalue weighted by Gasteiger charge is -2.35. The van der Waals surface area contributed by atoms with Crippen LogP contribution < -0.4 is 14.4 Å². The molecule has 0 unspecified atom stereocenters. The molecule has 0 N–H and O–H groups in total. The first kappa shape index (κ1) is 15.6. The number of nitrogens with zero attached hydrogens (tertiary/aromatic N) is 3. The number of hydrogen-bond donors (Lipinski definition) is 0. The number of ether oxygens (including phenoxy) is 2. The molecule has 2 heterocycles. The van der Waals surface area contributed by atoms with Crippen LogP contribution in [0.25, 0.3) is 0 Å². The van der Waals surface area contributed by atoms with Crippen molar-refractivity contribution < 1.29 is 9.47 Å². The number of piperazine rings is 1. The lowest BCUT2D eigenvalue weighted by molar-refractivity contribution is 0.244. The van der Waals surface area contributed by atoms with Crippen LogP contribution in [0.2, 0.25) is 0 Å². The van der Waals surface area contributed by atoms with Crippen molar-refractivity contribution >= 4 is 5.82 Å². The summed E-state index contributed by atoms with van der Waals surface area (Å²) in [5.41, 5.74) is 1.16. The molecule has 0 aliphatic carbocycles. The number of methoxy groups -OCH3 is 2. The molecule has 0 radical (unpaired) electrons. The van der Waals surface area contributed by atoms with Crippen LogP contribution in [-0.2, 0) is 6.54 Å². The maximum atomic E-state index is 5.53. The molecule has 1 aromatic carbocycles. The average molecular weight is 313 g/mol. The summed E-state index contributed by atoms with van der Waals surface area (Å²) in [6.07, 6.45) is 1.85. The standard InChI is InChI=1S/C18H23N3O2/c1-22-16-7-5-6-15(18(16)23-2)14-20-10-12-21(13-11-20)17-8-3-4-9-19-17/h3-9H,10-14H2,1-2H3. The van der Waals surface area contributed by atoms with E-state index in [4.69, 9.17) is 9.47 Å². The van der Waals surface area contributed by atoms with Crippen LogP contribution in [0.3, 0.4) is 0 Å². The van der Waals surface area contributed by atoms with Crippen molar-refractivity contribution in [3.05, 3.63) is 48.2 Å². The van der Waals surface area contributed by atoms with Crippen molar-refractivity contribution in [1.29, 1.82) is 0 Å². The average Bonchev–Trinajstić information content (AvgIpc) is 2.63. The van der Waals surface area contributed by atoms with Gasteiger partial charge in [0, 0.05) is 44.5 Å². The zero-order valence-corrected chi connectivity index (χ0v) is 13.7. The second-order valence-corrected chi connectivity index (χ2v) is 5.60. The van der Waals surface area contributed by atoms with E-state index >= 15 is 0 Å². The molecular weight excluding hydrogens is 290 g/mol. The zero-order valence-electron chi connectivity index (χ0n) is 13.7. The van der Waals surface area contributed by atoms with E-state index in [1.54, 1.807) is 14.2 Å². The van der Waals surface area contributed by atoms with Crippen molar-refractivity contribution in [3.8, 4) is 11.5 Å². The SMILES string of the molecule is COc1cccc(CN2CCN(c3ccccn3)CC2)c1OC. The highest BCUT2D eigenvalue weighted by atomic mass is 16.5. The van der Waals surface area contributed by atoms with Crippen molar-refractivity contribution in [3.63, 3.8) is 0 Å². The number of anilines is 1. The van der Waals surface area contributed by atoms with E-state index in [1.165, 1.54) is 0 Å². The Bertz CT molecular complexity index is 625. The van der Waals surface area contributed by atoms with E-state index < -0.39 is 0 Å². The van der Waals surface area contributed by atoms with Crippen molar-refractivity contribution in [2.75, 3.05) is 45.3 Å². The first-order chi connectivity index (χ1) is 11.3. The van der Waals surface area contributed by atoms with Gasteiger partial charge in [0.25, 0.3) is 0 Å². The molecule has 1 aromatic heterocycles. The van der Waals surface area contributed by atoms with Crippen LogP contribution in [0.1, 0.15) is 5.56 Å². The van der Waals surface area contributed by atoms with Gasteiger partial charge in [0.15, 0.2) is 11.5 Å². The van der Waals surface area contributed by atoms with Gasteiger partial charge in [-0.3, -0.25) is 4.90 Å². The minimum absolute atomic E-state index is 0.789. The van der Waals surface area contributed by atoms with Gasteiger partial charge in [0.05, 0.1) is 14.2 Å². The fraction of sp³-hybridized carbons (Fsp3) is 0.389. The molecule has 3 rings (SSSR count). The van der Waals surface area contributed by atoms with E-state index in [9.17, 15) is 0 Å². The molecule has 0 bridgehead atoms. The van der Waals surface area contributed by atoms with E-state index in [2.05, 4.69) is 26.9 Å². The Labute approximate surface area is 137 Å². The quantitative estimate of drug-likeness (QED) is 0.847. The highest BCUT2D eigenvalue weighted by Crippen LogP contribution is 2.31. The van der Waals surface area contributed by atoms with Crippen molar-refractivity contribution in [1.82, 2.24) is 9.88 Å². The van der Waals surface area contributed by atoms with Gasteiger partial charge in [0.1, 0.15) is 5.82 Å². The summed E-state index contributed by atoms with van der Waals surface area (Å²) in [6, 6.07) is 12.1. The smallest absolute Gasteiger partial charge is 0.165 e. The third kappa shape index (κ3) is 3.56. The molecule has 2 aromatic rings. The minimum atomic E-state index is 0.789. The molecule has 5 heteroatoms. The first-order valence-corrected chi connectivity index (χ1v) is 7.90. The Balaban J connectivity index is 1.63. The summed E-state index contributed by atoms with van der Waals surface area (Å²) in [4.78, 5) is 9.21. The highest BCUT2D eigenvalue weighted by molar-refractivity contribution is 5.46. The molecule has 1 saturated heterocycles. The second kappa shape index (κ2) is 7.33. The van der Waals surface area contributed by atoms with Crippen LogP contribution in [-0.4, -0.2) is 50.3 Å². The van der Waals surface area contributed by atoms with Crippen LogP contribution in [0.4, 0.5) is 5.82 Å². The summed E-state index contributed by atoms with van der Waals surface area (Å²) in [5, 5.41) is 0. The van der Waals surface area contributed by atoms with Crippen LogP contribution in [0.15, 0.2) is 42.6 Å². The summed E-state index contributed by atoms with van der Waals surface area (Å²) >= 11 is 0. The normalized spacial score (nSPS) is 15.5. The van der Waals surface area contributed by atoms with Gasteiger partial charge in [-0.05, 0) is 18.2 Å². The predicted molar refractivity (Wildman–Crippen MR) is 91.3 cm³/mol. The van der Waals surface area contributed by atoms with E-state index in [1.807, 2.05) is 30.5 Å². The Morgan fingerprint density at radius 1 is 0.957 bits per heavy atom. The Hall–Kier alpha value is -2.27. The summed E-state index contributed by atoms with van der Waals surface area (Å²) in [5.74, 6) is 2.69. The van der Waals surface area contributed by atoms with E-state index in [0.29, 0.717) is 0 Å². The molecule has 122 valence electrons. The maximum Gasteiger partial charge on any atom is 0.165 e. The Morgan fingerprint density at radius 2 is 1.78 bits per heavy atom. The third-order valence-corrected chi connectivity index (χ3v) is 4.22. The van der Waals surface area contributed by atoms with Crippen LogP contribution >= 0.6 is 0 Å². The number of para-hydroxylation sites is 1. The zero-order chi connectivity index (χ0) is 16.1. The summed E-state index contributed by atoms with van der Waals surface area (Å²) in [6.45, 7) is 4.87. The molecule has 5 nitrogen and oxygen atoms in total. The molecule has 23 heavy (non-hydrogen) atoms. The monoisotopic (exact) mass is 313 g/mol. The van der Waals surface area contributed by atoms with Gasteiger partial charge in [-0.25, -0.2) is 4.98 Å². The van der Waals surface area contributed by atoms with E-state index in [0.717, 1.165) is 55.6 Å². The molecule has 0 amide bonds. The fourth-order valence-electron chi connectivity index (χ4n) is 3.00. The molecule has 0 atom stereocenters. The molecule has 1 fully saturated rings. The number of pyridine rings is 1. The second-order valence-electron chi connectivity index (χ2n) is 5.60. The van der Waals surface area contributed by atoms with Gasteiger partial charge in [0.2, 0.25) is 0 Å². The van der Waals surface area contributed by atoms with Gasteiger partial charge in [-0.15, -0.1) is 0 Å². The minimum Gasteiger partial charge on any atom is -0.493 e. The molecule has 0 saturated carbocycles. The van der Waals surface area contributed by atoms with E-state index in [-0.39, 0.29) is 0 Å². The van der Waals surface area contributed by atoms with Gasteiger partial charge < -0.3 is 14.4 Å².